The molecule has 1 aromatic rings. The minimum absolute atomic E-state index is 0.159. The van der Waals surface area contributed by atoms with Crippen LogP contribution in [0.25, 0.3) is 6.08 Å². The van der Waals surface area contributed by atoms with Gasteiger partial charge in [-0.1, -0.05) is 43.2 Å². The Morgan fingerprint density at radius 2 is 1.72 bits per heavy atom. The topological polar surface area (TPSA) is 94.1 Å². The highest BCUT2D eigenvalue weighted by Crippen LogP contribution is 2.38. The summed E-state index contributed by atoms with van der Waals surface area (Å²) in [5.74, 6) is -1.20. The van der Waals surface area contributed by atoms with Crippen LogP contribution in [-0.4, -0.2) is 46.6 Å². The summed E-state index contributed by atoms with van der Waals surface area (Å²) in [5, 5.41) is 13.1. The average Bonchev–Trinajstić information content (AvgIpc) is 3.33. The number of carboxylic acids is 1. The van der Waals surface area contributed by atoms with Crippen molar-refractivity contribution in [2.45, 2.75) is 110 Å². The number of benzene rings is 1. The number of nitrogens with one attached hydrogen (secondary N) is 1. The van der Waals surface area contributed by atoms with Gasteiger partial charge in [0, 0.05) is 0 Å². The van der Waals surface area contributed by atoms with Crippen LogP contribution in [0.1, 0.15) is 91.7 Å². The Bertz CT molecular complexity index is 990. The number of ether oxygens (including phenoxy) is 1. The van der Waals surface area contributed by atoms with Crippen LogP contribution < -0.4 is 10.8 Å². The quantitative estimate of drug-likeness (QED) is 0.499. The number of aliphatic carboxylic acids is 1. The number of alkyl carbamates (subject to hydrolysis) is 1. The molecular weight excluding hydrogens is 457 g/mol. The van der Waals surface area contributed by atoms with Crippen LogP contribution in [0.3, 0.4) is 0 Å². The molecular formula is C28H42BNO6. The van der Waals surface area contributed by atoms with Crippen LogP contribution in [0.15, 0.2) is 24.3 Å². The van der Waals surface area contributed by atoms with Crippen LogP contribution in [0.4, 0.5) is 4.79 Å². The summed E-state index contributed by atoms with van der Waals surface area (Å²) in [7, 11) is -0.479. The van der Waals surface area contributed by atoms with Gasteiger partial charge in [0.1, 0.15) is 11.1 Å². The maximum Gasteiger partial charge on any atom is 0.494 e. The number of carbonyl (C=O) groups is 2. The van der Waals surface area contributed by atoms with Crippen molar-refractivity contribution in [1.82, 2.24) is 5.32 Å². The van der Waals surface area contributed by atoms with Crippen molar-refractivity contribution in [2.24, 2.45) is 5.92 Å². The second-order valence-electron chi connectivity index (χ2n) is 12.2. The second kappa shape index (κ2) is 10.2. The van der Waals surface area contributed by atoms with Crippen molar-refractivity contribution in [3.05, 3.63) is 35.4 Å². The molecule has 0 spiro atoms. The highest BCUT2D eigenvalue weighted by atomic mass is 16.7. The molecule has 1 saturated carbocycles. The molecule has 7 nitrogen and oxygen atoms in total. The Labute approximate surface area is 216 Å². The lowest BCUT2D eigenvalue weighted by molar-refractivity contribution is -0.147. The predicted octanol–water partition coefficient (Wildman–Crippen LogP) is 5.24. The van der Waals surface area contributed by atoms with E-state index in [-0.39, 0.29) is 12.3 Å². The van der Waals surface area contributed by atoms with Crippen molar-refractivity contribution in [3.8, 4) is 0 Å². The standard InChI is InChI=1S/C28H42BNO6/c1-19-15-16-22(29-35-26(5,6)27(7,8)36-29)18-20(19)12-11-17-28(23(31)32,21-13-9-10-14-21)30-24(33)34-25(2,3)4/h11-12,15-16,18,21H,9-10,13-14,17H2,1-8H3,(H,30,33)(H,31,32)/t28-/m0/s1. The molecule has 1 heterocycles. The van der Waals surface area contributed by atoms with E-state index in [0.29, 0.717) is 0 Å². The fraction of sp³-hybridized carbons (Fsp3) is 0.643. The van der Waals surface area contributed by atoms with Crippen LogP contribution in [0.2, 0.25) is 0 Å². The van der Waals surface area contributed by atoms with Gasteiger partial charge in [0.15, 0.2) is 0 Å². The largest absolute Gasteiger partial charge is 0.494 e. The highest BCUT2D eigenvalue weighted by Gasteiger charge is 2.52. The summed E-state index contributed by atoms with van der Waals surface area (Å²) in [5.41, 5.74) is -0.107. The number of rotatable bonds is 7. The molecule has 2 N–H and O–H groups in total. The van der Waals surface area contributed by atoms with Crippen LogP contribution in [0, 0.1) is 12.8 Å². The molecule has 1 aliphatic carbocycles. The second-order valence-corrected chi connectivity index (χ2v) is 12.2. The van der Waals surface area contributed by atoms with Gasteiger partial charge in [-0.3, -0.25) is 0 Å². The minimum Gasteiger partial charge on any atom is -0.479 e. The van der Waals surface area contributed by atoms with Gasteiger partial charge in [0.05, 0.1) is 11.2 Å². The number of carboxylic acid groups (broad SMARTS) is 1. The molecule has 1 aliphatic heterocycles. The third kappa shape index (κ3) is 6.14. The normalized spacial score (nSPS) is 21.5. The number of amides is 1. The van der Waals surface area contributed by atoms with Crippen LogP contribution in [0.5, 0.6) is 0 Å². The van der Waals surface area contributed by atoms with Gasteiger partial charge in [-0.05, 0) is 97.2 Å². The first kappa shape index (κ1) is 28.3. The van der Waals surface area contributed by atoms with Crippen molar-refractivity contribution in [1.29, 1.82) is 0 Å². The van der Waals surface area contributed by atoms with Gasteiger partial charge in [0.25, 0.3) is 0 Å². The van der Waals surface area contributed by atoms with Gasteiger partial charge in [-0.15, -0.1) is 0 Å². The van der Waals surface area contributed by atoms with Gasteiger partial charge >= 0.3 is 19.2 Å². The Morgan fingerprint density at radius 3 is 2.25 bits per heavy atom. The maximum absolute atomic E-state index is 12.7. The monoisotopic (exact) mass is 499 g/mol. The zero-order valence-electron chi connectivity index (χ0n) is 23.1. The Hall–Kier alpha value is -2.32. The van der Waals surface area contributed by atoms with E-state index in [2.05, 4.69) is 5.32 Å². The molecule has 8 heteroatoms. The number of carbonyl (C=O) groups excluding carboxylic acids is 1. The summed E-state index contributed by atoms with van der Waals surface area (Å²) in [4.78, 5) is 25.3. The van der Waals surface area contributed by atoms with Gasteiger partial charge < -0.3 is 24.5 Å². The molecule has 2 fully saturated rings. The van der Waals surface area contributed by atoms with Crippen LogP contribution in [-0.2, 0) is 18.8 Å². The van der Waals surface area contributed by atoms with Gasteiger partial charge in [-0.25, -0.2) is 9.59 Å². The van der Waals surface area contributed by atoms with E-state index in [4.69, 9.17) is 14.0 Å². The number of aryl methyl sites for hydroxylation is 1. The molecule has 1 aromatic carbocycles. The molecule has 0 unspecified atom stereocenters. The highest BCUT2D eigenvalue weighted by molar-refractivity contribution is 6.62. The van der Waals surface area contributed by atoms with E-state index in [1.807, 2.05) is 65.0 Å². The van der Waals surface area contributed by atoms with Gasteiger partial charge in [0.2, 0.25) is 0 Å². The molecule has 0 aromatic heterocycles. The van der Waals surface area contributed by atoms with E-state index in [1.165, 1.54) is 0 Å². The van der Waals surface area contributed by atoms with E-state index < -0.39 is 41.5 Å². The molecule has 0 bridgehead atoms. The van der Waals surface area contributed by atoms with Crippen LogP contribution >= 0.6 is 0 Å². The number of hydrogen-bond donors (Lipinski definition) is 2. The molecule has 198 valence electrons. The molecule has 2 aliphatic rings. The minimum atomic E-state index is -1.42. The molecule has 1 saturated heterocycles. The fourth-order valence-electron chi connectivity index (χ4n) is 4.88. The lowest BCUT2D eigenvalue weighted by atomic mass is 9.77. The Morgan fingerprint density at radius 1 is 1.14 bits per heavy atom. The summed E-state index contributed by atoms with van der Waals surface area (Å²) < 4.78 is 17.8. The van der Waals surface area contributed by atoms with Crippen molar-refractivity contribution >= 4 is 30.7 Å². The van der Waals surface area contributed by atoms with E-state index >= 15 is 0 Å². The molecule has 1 atom stereocenters. The molecule has 36 heavy (non-hydrogen) atoms. The molecule has 3 rings (SSSR count). The summed E-state index contributed by atoms with van der Waals surface area (Å²) in [6.07, 6.45) is 6.64. The van der Waals surface area contributed by atoms with Crippen molar-refractivity contribution < 1.29 is 28.7 Å². The lowest BCUT2D eigenvalue weighted by Crippen LogP contribution is -2.59. The van der Waals surface area contributed by atoms with E-state index in [9.17, 15) is 14.7 Å². The number of hydrogen-bond acceptors (Lipinski definition) is 5. The smallest absolute Gasteiger partial charge is 0.479 e. The lowest BCUT2D eigenvalue weighted by Gasteiger charge is -2.36. The van der Waals surface area contributed by atoms with Crippen molar-refractivity contribution in [2.75, 3.05) is 0 Å². The Balaban J connectivity index is 1.85. The van der Waals surface area contributed by atoms with E-state index in [0.717, 1.165) is 42.3 Å². The SMILES string of the molecule is Cc1ccc(B2OC(C)(C)C(C)(C)O2)cc1C=CC[C@@](NC(=O)OC(C)(C)C)(C(=O)O)C1CCCC1. The zero-order chi connectivity index (χ0) is 26.9. The zero-order valence-corrected chi connectivity index (χ0v) is 23.1. The first-order chi connectivity index (χ1) is 16.6. The first-order valence-corrected chi connectivity index (χ1v) is 12.9. The summed E-state index contributed by atoms with van der Waals surface area (Å²) >= 11 is 0. The third-order valence-corrected chi connectivity index (χ3v) is 7.72. The van der Waals surface area contributed by atoms with Gasteiger partial charge in [-0.2, -0.15) is 0 Å². The van der Waals surface area contributed by atoms with Crippen molar-refractivity contribution in [3.63, 3.8) is 0 Å². The summed E-state index contributed by atoms with van der Waals surface area (Å²) in [6.45, 7) is 15.4. The maximum atomic E-state index is 12.7. The third-order valence-electron chi connectivity index (χ3n) is 7.72. The molecule has 1 amide bonds. The first-order valence-electron chi connectivity index (χ1n) is 12.9. The summed E-state index contributed by atoms with van der Waals surface area (Å²) in [6, 6.07) is 6.03. The molecule has 0 radical (unpaired) electrons. The van der Waals surface area contributed by atoms with E-state index in [1.54, 1.807) is 20.8 Å². The average molecular weight is 499 g/mol. The fourth-order valence-corrected chi connectivity index (χ4v) is 4.88. The Kier molecular flexibility index (Phi) is 8.02. The predicted molar refractivity (Wildman–Crippen MR) is 142 cm³/mol.